The predicted molar refractivity (Wildman–Crippen MR) is 99.8 cm³/mol. The lowest BCUT2D eigenvalue weighted by molar-refractivity contribution is -0.138. The van der Waals surface area contributed by atoms with Gasteiger partial charge in [-0.15, -0.1) is 12.4 Å². The monoisotopic (exact) mass is 383 g/mol. The lowest BCUT2D eigenvalue weighted by Gasteiger charge is -2.38. The Kier molecular flexibility index (Phi) is 6.36. The first-order valence-electron chi connectivity index (χ1n) is 8.69. The molecule has 0 spiro atoms. The average molecular weight is 384 g/mol. The van der Waals surface area contributed by atoms with Gasteiger partial charge in [0.15, 0.2) is 11.5 Å². The van der Waals surface area contributed by atoms with Crippen LogP contribution in [-0.2, 0) is 4.79 Å². The van der Waals surface area contributed by atoms with Gasteiger partial charge in [-0.25, -0.2) is 0 Å². The normalized spacial score (nSPS) is 18.1. The quantitative estimate of drug-likeness (QED) is 0.854. The fraction of sp³-hybridized carbons (Fsp3) is 0.556. The Bertz CT molecular complexity index is 672. The van der Waals surface area contributed by atoms with Gasteiger partial charge in [-0.05, 0) is 31.5 Å². The van der Waals surface area contributed by atoms with E-state index in [4.69, 9.17) is 15.2 Å². The molecule has 2 N–H and O–H groups in total. The summed E-state index contributed by atoms with van der Waals surface area (Å²) in [5.74, 6) is 1.15. The van der Waals surface area contributed by atoms with Crippen LogP contribution in [0, 0.1) is 0 Å². The van der Waals surface area contributed by atoms with Crippen molar-refractivity contribution in [1.29, 1.82) is 0 Å². The molecule has 2 amide bonds. The second-order valence-electron chi connectivity index (χ2n) is 6.82. The first-order valence-corrected chi connectivity index (χ1v) is 8.69. The number of nitrogens with zero attached hydrogens (tertiary/aromatic N) is 2. The number of piperazine rings is 1. The van der Waals surface area contributed by atoms with E-state index in [2.05, 4.69) is 0 Å². The van der Waals surface area contributed by atoms with E-state index >= 15 is 0 Å². The standard InChI is InChI=1S/C18H25N3O4.ClH/c1-3-6-18(2,19)17(23)21-9-7-20(8-10-21)16(22)13-4-5-14-15(11-13)25-12-24-14;/h4-5,11H,3,6-10,12,19H2,1-2H3;1H. The summed E-state index contributed by atoms with van der Waals surface area (Å²) in [6.45, 7) is 5.99. The summed E-state index contributed by atoms with van der Waals surface area (Å²) in [6, 6.07) is 5.20. The molecule has 1 aromatic carbocycles. The number of halogens is 1. The molecular weight excluding hydrogens is 358 g/mol. The fourth-order valence-electron chi connectivity index (χ4n) is 3.31. The summed E-state index contributed by atoms with van der Waals surface area (Å²) in [4.78, 5) is 28.8. The number of fused-ring (bicyclic) bond motifs is 1. The highest BCUT2D eigenvalue weighted by Crippen LogP contribution is 2.32. The molecule has 3 rings (SSSR count). The molecule has 26 heavy (non-hydrogen) atoms. The number of carbonyl (C=O) groups excluding carboxylic acids is 2. The highest BCUT2D eigenvalue weighted by molar-refractivity contribution is 5.95. The molecule has 1 fully saturated rings. The summed E-state index contributed by atoms with van der Waals surface area (Å²) in [5.41, 5.74) is 5.87. The summed E-state index contributed by atoms with van der Waals surface area (Å²) in [6.07, 6.45) is 1.52. The van der Waals surface area contributed by atoms with E-state index in [1.54, 1.807) is 34.9 Å². The van der Waals surface area contributed by atoms with Gasteiger partial charge >= 0.3 is 0 Å². The van der Waals surface area contributed by atoms with Crippen LogP contribution in [0.2, 0.25) is 0 Å². The van der Waals surface area contributed by atoms with Crippen molar-refractivity contribution in [3.05, 3.63) is 23.8 Å². The maximum Gasteiger partial charge on any atom is 0.254 e. The minimum absolute atomic E-state index is 0. The maximum absolute atomic E-state index is 12.7. The van der Waals surface area contributed by atoms with Gasteiger partial charge in [0.05, 0.1) is 5.54 Å². The molecular formula is C18H26ClN3O4. The molecule has 0 radical (unpaired) electrons. The third kappa shape index (κ3) is 4.04. The van der Waals surface area contributed by atoms with Crippen molar-refractivity contribution in [2.75, 3.05) is 33.0 Å². The highest BCUT2D eigenvalue weighted by atomic mass is 35.5. The summed E-state index contributed by atoms with van der Waals surface area (Å²) in [5, 5.41) is 0. The molecule has 1 saturated heterocycles. The number of hydrogen-bond acceptors (Lipinski definition) is 5. The Morgan fingerprint density at radius 1 is 1.12 bits per heavy atom. The summed E-state index contributed by atoms with van der Waals surface area (Å²) >= 11 is 0. The third-order valence-electron chi connectivity index (χ3n) is 4.73. The van der Waals surface area contributed by atoms with E-state index in [0.29, 0.717) is 49.7 Å². The fourth-order valence-corrected chi connectivity index (χ4v) is 3.31. The van der Waals surface area contributed by atoms with E-state index in [1.165, 1.54) is 0 Å². The van der Waals surface area contributed by atoms with Crippen LogP contribution in [0.5, 0.6) is 11.5 Å². The molecule has 2 aliphatic rings. The molecule has 2 aliphatic heterocycles. The van der Waals surface area contributed by atoms with Gasteiger partial charge in [-0.1, -0.05) is 13.3 Å². The largest absolute Gasteiger partial charge is 0.454 e. The van der Waals surface area contributed by atoms with E-state index in [9.17, 15) is 9.59 Å². The molecule has 7 nitrogen and oxygen atoms in total. The number of nitrogens with two attached hydrogens (primary N) is 1. The number of carbonyl (C=O) groups is 2. The summed E-state index contributed by atoms with van der Waals surface area (Å²) < 4.78 is 10.6. The zero-order valence-corrected chi connectivity index (χ0v) is 16.0. The topological polar surface area (TPSA) is 85.1 Å². The third-order valence-corrected chi connectivity index (χ3v) is 4.73. The van der Waals surface area contributed by atoms with E-state index < -0.39 is 5.54 Å². The van der Waals surface area contributed by atoms with E-state index in [-0.39, 0.29) is 31.0 Å². The smallest absolute Gasteiger partial charge is 0.254 e. The zero-order chi connectivity index (χ0) is 18.0. The molecule has 0 aromatic heterocycles. The number of benzene rings is 1. The predicted octanol–water partition coefficient (Wildman–Crippen LogP) is 1.64. The van der Waals surface area contributed by atoms with Crippen molar-refractivity contribution in [1.82, 2.24) is 9.80 Å². The van der Waals surface area contributed by atoms with Crippen LogP contribution >= 0.6 is 12.4 Å². The Balaban J connectivity index is 0.00000243. The van der Waals surface area contributed by atoms with Gasteiger partial charge in [-0.3, -0.25) is 9.59 Å². The lowest BCUT2D eigenvalue weighted by Crippen LogP contribution is -2.58. The van der Waals surface area contributed by atoms with Crippen LogP contribution in [-0.4, -0.2) is 60.1 Å². The average Bonchev–Trinajstić information content (AvgIpc) is 3.08. The maximum atomic E-state index is 12.7. The first-order chi connectivity index (χ1) is 11.9. The molecule has 0 bridgehead atoms. The van der Waals surface area contributed by atoms with Gasteiger partial charge in [0.1, 0.15) is 0 Å². The SMILES string of the molecule is CCCC(C)(N)C(=O)N1CCN(C(=O)c2ccc3c(c2)OCO3)CC1.Cl. The molecule has 1 unspecified atom stereocenters. The molecule has 144 valence electrons. The second kappa shape index (κ2) is 8.14. The number of amides is 2. The minimum Gasteiger partial charge on any atom is -0.454 e. The van der Waals surface area contributed by atoms with Crippen molar-refractivity contribution in [2.24, 2.45) is 5.73 Å². The van der Waals surface area contributed by atoms with Crippen LogP contribution in [0.15, 0.2) is 18.2 Å². The van der Waals surface area contributed by atoms with Crippen LogP contribution in [0.25, 0.3) is 0 Å². The van der Waals surface area contributed by atoms with E-state index in [0.717, 1.165) is 6.42 Å². The Morgan fingerprint density at radius 3 is 2.38 bits per heavy atom. The van der Waals surface area contributed by atoms with Crippen molar-refractivity contribution >= 4 is 24.2 Å². The summed E-state index contributed by atoms with van der Waals surface area (Å²) in [7, 11) is 0. The molecule has 8 heteroatoms. The minimum atomic E-state index is -0.835. The molecule has 2 heterocycles. The van der Waals surface area contributed by atoms with Gasteiger partial charge < -0.3 is 25.0 Å². The van der Waals surface area contributed by atoms with Crippen LogP contribution in [0.1, 0.15) is 37.0 Å². The van der Waals surface area contributed by atoms with Crippen LogP contribution in [0.4, 0.5) is 0 Å². The zero-order valence-electron chi connectivity index (χ0n) is 15.2. The Labute approximate surface area is 159 Å². The lowest BCUT2D eigenvalue weighted by atomic mass is 9.95. The van der Waals surface area contributed by atoms with Gasteiger partial charge in [0.2, 0.25) is 12.7 Å². The van der Waals surface area contributed by atoms with Gasteiger partial charge in [0.25, 0.3) is 5.91 Å². The van der Waals surface area contributed by atoms with Crippen LogP contribution in [0.3, 0.4) is 0 Å². The van der Waals surface area contributed by atoms with Crippen LogP contribution < -0.4 is 15.2 Å². The molecule has 0 saturated carbocycles. The molecule has 1 atom stereocenters. The van der Waals surface area contributed by atoms with Gasteiger partial charge in [-0.2, -0.15) is 0 Å². The van der Waals surface area contributed by atoms with Crippen molar-refractivity contribution in [3.8, 4) is 11.5 Å². The van der Waals surface area contributed by atoms with Crippen molar-refractivity contribution < 1.29 is 19.1 Å². The van der Waals surface area contributed by atoms with E-state index in [1.807, 2.05) is 6.92 Å². The first kappa shape index (κ1) is 20.3. The molecule has 1 aromatic rings. The number of rotatable bonds is 4. The van der Waals surface area contributed by atoms with Gasteiger partial charge in [0, 0.05) is 31.7 Å². The Morgan fingerprint density at radius 2 is 1.73 bits per heavy atom. The number of hydrogen-bond donors (Lipinski definition) is 1. The van der Waals surface area contributed by atoms with Crippen molar-refractivity contribution in [2.45, 2.75) is 32.2 Å². The number of ether oxygens (including phenoxy) is 2. The molecule has 0 aliphatic carbocycles. The second-order valence-corrected chi connectivity index (χ2v) is 6.82. The highest BCUT2D eigenvalue weighted by Gasteiger charge is 2.34. The Hall–Kier alpha value is -1.99. The van der Waals surface area contributed by atoms with Crippen molar-refractivity contribution in [3.63, 3.8) is 0 Å².